The molecule has 1 aromatic heterocycles. The summed E-state index contributed by atoms with van der Waals surface area (Å²) in [5.41, 5.74) is 3.50. The normalized spacial score (nSPS) is 11.1. The first-order valence-electron chi connectivity index (χ1n) is 10.3. The van der Waals surface area contributed by atoms with E-state index in [2.05, 4.69) is 16.0 Å². The van der Waals surface area contributed by atoms with Crippen LogP contribution < -0.4 is 14.9 Å². The molecule has 0 spiro atoms. The van der Waals surface area contributed by atoms with E-state index < -0.39 is 11.7 Å². The molecule has 0 unspecified atom stereocenters. The second kappa shape index (κ2) is 9.36. The van der Waals surface area contributed by atoms with Crippen LogP contribution in [-0.4, -0.2) is 24.9 Å². The van der Waals surface area contributed by atoms with E-state index in [4.69, 9.17) is 9.47 Å². The number of methoxy groups -OCH3 is 1. The van der Waals surface area contributed by atoms with Crippen molar-refractivity contribution in [2.24, 2.45) is 0 Å². The van der Waals surface area contributed by atoms with Crippen LogP contribution in [0.15, 0.2) is 66.9 Å². The SMILES string of the molecule is Bc1ccc(COc2ccc(-c3c[nH]c(-c4ccc(C(F)(F)F)cc4)n3)cc2OC)c(C#N)c1. The van der Waals surface area contributed by atoms with Gasteiger partial charge in [-0.3, -0.25) is 0 Å². The summed E-state index contributed by atoms with van der Waals surface area (Å²) in [6.45, 7) is 0.208. The average Bonchev–Trinajstić information content (AvgIpc) is 3.33. The molecule has 0 fully saturated rings. The van der Waals surface area contributed by atoms with Crippen molar-refractivity contribution in [3.8, 4) is 40.2 Å². The fraction of sp³-hybridized carbons (Fsp3) is 0.120. The first kappa shape index (κ1) is 23.0. The third-order valence-electron chi connectivity index (χ3n) is 5.29. The summed E-state index contributed by atoms with van der Waals surface area (Å²) < 4.78 is 49.8. The highest BCUT2D eigenvalue weighted by Crippen LogP contribution is 2.34. The summed E-state index contributed by atoms with van der Waals surface area (Å²) in [5, 5.41) is 9.35. The van der Waals surface area contributed by atoms with Crippen LogP contribution >= 0.6 is 0 Å². The Balaban J connectivity index is 1.53. The standard InChI is InChI=1S/C25H19BF3N3O2/c1-33-23-11-16(5-9-22(23)34-14-17-4-8-20(26)10-18(17)12-30)21-13-31-24(32-21)15-2-6-19(7-3-15)25(27,28)29/h2-11,13H,14,26H2,1H3,(H,31,32). The van der Waals surface area contributed by atoms with E-state index in [0.717, 1.165) is 28.7 Å². The topological polar surface area (TPSA) is 70.9 Å². The molecule has 3 aromatic carbocycles. The van der Waals surface area contributed by atoms with Gasteiger partial charge in [-0.2, -0.15) is 18.4 Å². The fourth-order valence-electron chi connectivity index (χ4n) is 3.46. The molecule has 1 N–H and O–H groups in total. The van der Waals surface area contributed by atoms with Gasteiger partial charge in [-0.15, -0.1) is 0 Å². The third-order valence-corrected chi connectivity index (χ3v) is 5.29. The first-order chi connectivity index (χ1) is 16.3. The zero-order chi connectivity index (χ0) is 24.3. The van der Waals surface area contributed by atoms with Gasteiger partial charge >= 0.3 is 6.18 Å². The Morgan fingerprint density at radius 1 is 1.00 bits per heavy atom. The van der Waals surface area contributed by atoms with E-state index >= 15 is 0 Å². The summed E-state index contributed by atoms with van der Waals surface area (Å²) in [7, 11) is 3.45. The highest BCUT2D eigenvalue weighted by Gasteiger charge is 2.30. The molecule has 0 aliphatic heterocycles. The Labute approximate surface area is 195 Å². The molecule has 0 amide bonds. The van der Waals surface area contributed by atoms with Gasteiger partial charge in [0.25, 0.3) is 0 Å². The van der Waals surface area contributed by atoms with Crippen molar-refractivity contribution in [1.29, 1.82) is 5.26 Å². The Hall–Kier alpha value is -4.19. The number of imidazole rings is 1. The Kier molecular flexibility index (Phi) is 6.33. The molecule has 34 heavy (non-hydrogen) atoms. The molecule has 5 nitrogen and oxygen atoms in total. The minimum absolute atomic E-state index is 0.208. The number of nitrogens with zero attached hydrogens (tertiary/aromatic N) is 2. The van der Waals surface area contributed by atoms with Gasteiger partial charge < -0.3 is 14.5 Å². The van der Waals surface area contributed by atoms with Crippen molar-refractivity contribution in [3.05, 3.63) is 83.6 Å². The van der Waals surface area contributed by atoms with E-state index in [1.807, 2.05) is 32.1 Å². The van der Waals surface area contributed by atoms with Gasteiger partial charge in [0.2, 0.25) is 0 Å². The summed E-state index contributed by atoms with van der Waals surface area (Å²) >= 11 is 0. The number of nitriles is 1. The average molecular weight is 461 g/mol. The predicted octanol–water partition coefficient (Wildman–Crippen LogP) is 4.48. The highest BCUT2D eigenvalue weighted by molar-refractivity contribution is 6.32. The van der Waals surface area contributed by atoms with Crippen LogP contribution in [0.3, 0.4) is 0 Å². The number of ether oxygens (including phenoxy) is 2. The summed E-state index contributed by atoms with van der Waals surface area (Å²) in [6.07, 6.45) is -2.71. The second-order valence-corrected chi connectivity index (χ2v) is 7.64. The van der Waals surface area contributed by atoms with Crippen molar-refractivity contribution in [2.45, 2.75) is 12.8 Å². The van der Waals surface area contributed by atoms with Gasteiger partial charge in [0, 0.05) is 22.9 Å². The molecule has 0 saturated heterocycles. The fourth-order valence-corrected chi connectivity index (χ4v) is 3.46. The third kappa shape index (κ3) is 4.91. The van der Waals surface area contributed by atoms with E-state index in [1.165, 1.54) is 19.2 Å². The van der Waals surface area contributed by atoms with E-state index in [0.29, 0.717) is 34.1 Å². The van der Waals surface area contributed by atoms with Gasteiger partial charge in [-0.05, 0) is 30.3 Å². The van der Waals surface area contributed by atoms with Crippen molar-refractivity contribution in [3.63, 3.8) is 0 Å². The molecule has 1 heterocycles. The van der Waals surface area contributed by atoms with Crippen LogP contribution in [-0.2, 0) is 12.8 Å². The molecule has 0 bridgehead atoms. The maximum atomic E-state index is 12.8. The van der Waals surface area contributed by atoms with Crippen molar-refractivity contribution >= 4 is 13.3 Å². The number of hydrogen-bond donors (Lipinski definition) is 1. The molecule has 0 saturated carbocycles. The molecule has 0 aliphatic rings. The summed E-state index contributed by atoms with van der Waals surface area (Å²) in [6, 6.07) is 17.9. The Bertz CT molecular complexity index is 1360. The number of rotatable bonds is 6. The Morgan fingerprint density at radius 2 is 1.74 bits per heavy atom. The molecule has 9 heteroatoms. The van der Waals surface area contributed by atoms with E-state index in [9.17, 15) is 18.4 Å². The monoisotopic (exact) mass is 461 g/mol. The van der Waals surface area contributed by atoms with E-state index in [1.54, 1.807) is 18.3 Å². The summed E-state index contributed by atoms with van der Waals surface area (Å²) in [4.78, 5) is 7.50. The van der Waals surface area contributed by atoms with Crippen molar-refractivity contribution < 1.29 is 22.6 Å². The lowest BCUT2D eigenvalue weighted by atomic mass is 9.92. The Morgan fingerprint density at radius 3 is 2.41 bits per heavy atom. The number of aromatic amines is 1. The molecule has 0 atom stereocenters. The summed E-state index contributed by atoms with van der Waals surface area (Å²) in [5.74, 6) is 1.45. The van der Waals surface area contributed by atoms with Gasteiger partial charge in [-0.1, -0.05) is 35.8 Å². The molecule has 0 aliphatic carbocycles. The molecular weight excluding hydrogens is 442 g/mol. The van der Waals surface area contributed by atoms with Crippen LogP contribution in [0.2, 0.25) is 0 Å². The lowest BCUT2D eigenvalue weighted by Crippen LogP contribution is -2.06. The second-order valence-electron chi connectivity index (χ2n) is 7.64. The van der Waals surface area contributed by atoms with Crippen LogP contribution in [0.4, 0.5) is 13.2 Å². The zero-order valence-electron chi connectivity index (χ0n) is 18.4. The number of benzene rings is 3. The number of halogens is 3. The molecule has 4 rings (SSSR count). The van der Waals surface area contributed by atoms with Crippen molar-refractivity contribution in [2.75, 3.05) is 7.11 Å². The van der Waals surface area contributed by atoms with Gasteiger partial charge in [0.15, 0.2) is 11.5 Å². The first-order valence-corrected chi connectivity index (χ1v) is 10.3. The number of nitrogens with one attached hydrogen (secondary N) is 1. The largest absolute Gasteiger partial charge is 0.493 e. The molecule has 4 aromatic rings. The number of hydrogen-bond acceptors (Lipinski definition) is 4. The maximum Gasteiger partial charge on any atom is 0.416 e. The highest BCUT2D eigenvalue weighted by atomic mass is 19.4. The van der Waals surface area contributed by atoms with Gasteiger partial charge in [-0.25, -0.2) is 4.98 Å². The lowest BCUT2D eigenvalue weighted by Gasteiger charge is -2.13. The lowest BCUT2D eigenvalue weighted by molar-refractivity contribution is -0.137. The molecular formula is C25H19BF3N3O2. The maximum absolute atomic E-state index is 12.8. The number of alkyl halides is 3. The minimum Gasteiger partial charge on any atom is -0.493 e. The van der Waals surface area contributed by atoms with Crippen LogP contribution in [0, 0.1) is 11.3 Å². The minimum atomic E-state index is -4.39. The van der Waals surface area contributed by atoms with Crippen LogP contribution in [0.5, 0.6) is 11.5 Å². The molecule has 0 radical (unpaired) electrons. The molecule has 170 valence electrons. The van der Waals surface area contributed by atoms with Gasteiger partial charge in [0.1, 0.15) is 20.3 Å². The van der Waals surface area contributed by atoms with Gasteiger partial charge in [0.05, 0.1) is 30.0 Å². The van der Waals surface area contributed by atoms with Crippen molar-refractivity contribution in [1.82, 2.24) is 9.97 Å². The number of H-pyrrole nitrogens is 1. The zero-order valence-corrected chi connectivity index (χ0v) is 18.4. The smallest absolute Gasteiger partial charge is 0.416 e. The predicted molar refractivity (Wildman–Crippen MR) is 125 cm³/mol. The van der Waals surface area contributed by atoms with E-state index in [-0.39, 0.29) is 6.61 Å². The quantitative estimate of drug-likeness (QED) is 0.430. The number of aromatic nitrogens is 2. The van der Waals surface area contributed by atoms with Crippen LogP contribution in [0.1, 0.15) is 16.7 Å². The van der Waals surface area contributed by atoms with Crippen LogP contribution in [0.25, 0.3) is 22.6 Å².